The Hall–Kier alpha value is -1.26. The van der Waals surface area contributed by atoms with Crippen LogP contribution in [0.15, 0.2) is 5.16 Å². The molecule has 2 aliphatic carbocycles. The van der Waals surface area contributed by atoms with Crippen molar-refractivity contribution in [3.8, 4) is 0 Å². The van der Waals surface area contributed by atoms with E-state index in [9.17, 15) is 4.79 Å². The molecule has 2 rings (SSSR count). The molecule has 0 heterocycles. The number of rotatable bonds is 4. The number of hydrogen-bond acceptors (Lipinski definition) is 3. The van der Waals surface area contributed by atoms with E-state index in [1.165, 1.54) is 25.7 Å². The van der Waals surface area contributed by atoms with Gasteiger partial charge in [-0.15, -0.1) is 0 Å². The molecule has 0 aromatic heterocycles. The van der Waals surface area contributed by atoms with E-state index in [1.807, 2.05) is 0 Å². The first-order valence-electron chi connectivity index (χ1n) is 8.39. The van der Waals surface area contributed by atoms with Crippen LogP contribution in [0.1, 0.15) is 71.1 Å². The molecular weight excluding hydrogens is 266 g/mol. The molecule has 2 saturated carbocycles. The van der Waals surface area contributed by atoms with Gasteiger partial charge in [0.2, 0.25) is 5.91 Å². The summed E-state index contributed by atoms with van der Waals surface area (Å²) in [4.78, 5) is 12.9. The fourth-order valence-corrected chi connectivity index (χ4v) is 3.95. The van der Waals surface area contributed by atoms with E-state index < -0.39 is 5.41 Å². The zero-order valence-electron chi connectivity index (χ0n) is 13.1. The molecule has 5 heteroatoms. The summed E-state index contributed by atoms with van der Waals surface area (Å²) in [6, 6.07) is 0.173. The highest BCUT2D eigenvalue weighted by molar-refractivity contribution is 6.06. The molecule has 0 aromatic rings. The molecule has 21 heavy (non-hydrogen) atoms. The predicted octanol–water partition coefficient (Wildman–Crippen LogP) is 2.77. The van der Waals surface area contributed by atoms with Gasteiger partial charge in [0.05, 0.1) is 0 Å². The zero-order valence-corrected chi connectivity index (χ0v) is 13.1. The van der Waals surface area contributed by atoms with Gasteiger partial charge in [-0.25, -0.2) is 0 Å². The molecule has 0 aromatic carbocycles. The third kappa shape index (κ3) is 3.50. The molecule has 120 valence electrons. The Bertz CT molecular complexity index is 381. The van der Waals surface area contributed by atoms with E-state index in [1.54, 1.807) is 0 Å². The maximum atomic E-state index is 12.9. The van der Waals surface area contributed by atoms with Crippen LogP contribution in [-0.2, 0) is 4.79 Å². The highest BCUT2D eigenvalue weighted by Gasteiger charge is 2.43. The van der Waals surface area contributed by atoms with Gasteiger partial charge in [-0.3, -0.25) is 4.79 Å². The lowest BCUT2D eigenvalue weighted by molar-refractivity contribution is -0.129. The topological polar surface area (TPSA) is 87.7 Å². The summed E-state index contributed by atoms with van der Waals surface area (Å²) in [5, 5.41) is 15.5. The zero-order chi connectivity index (χ0) is 15.3. The molecular formula is C16H29N3O2. The second-order valence-corrected chi connectivity index (χ2v) is 6.79. The Labute approximate surface area is 127 Å². The molecule has 1 amide bonds. The van der Waals surface area contributed by atoms with Crippen molar-refractivity contribution in [3.63, 3.8) is 0 Å². The van der Waals surface area contributed by atoms with E-state index >= 15 is 0 Å². The van der Waals surface area contributed by atoms with Gasteiger partial charge >= 0.3 is 0 Å². The van der Waals surface area contributed by atoms with Crippen LogP contribution in [0.2, 0.25) is 0 Å². The normalized spacial score (nSPS) is 25.3. The van der Waals surface area contributed by atoms with Gasteiger partial charge in [-0.05, 0) is 38.5 Å². The van der Waals surface area contributed by atoms with Gasteiger partial charge in [0.15, 0.2) is 5.84 Å². The minimum atomic E-state index is -0.807. The number of carbonyl (C=O) groups is 1. The number of nitrogens with one attached hydrogen (secondary N) is 1. The molecule has 5 nitrogen and oxygen atoms in total. The minimum Gasteiger partial charge on any atom is -0.409 e. The Morgan fingerprint density at radius 3 is 2.29 bits per heavy atom. The third-order valence-corrected chi connectivity index (χ3v) is 5.46. The Kier molecular flexibility index (Phi) is 5.48. The molecule has 0 bridgehead atoms. The summed E-state index contributed by atoms with van der Waals surface area (Å²) in [5.74, 6) is 0.615. The molecule has 0 spiro atoms. The van der Waals surface area contributed by atoms with E-state index in [0.29, 0.717) is 18.8 Å². The van der Waals surface area contributed by atoms with Crippen LogP contribution in [-0.4, -0.2) is 23.0 Å². The van der Waals surface area contributed by atoms with Gasteiger partial charge in [0.25, 0.3) is 0 Å². The van der Waals surface area contributed by atoms with Crippen LogP contribution in [0, 0.1) is 11.3 Å². The quantitative estimate of drug-likeness (QED) is 0.245. The second kappa shape index (κ2) is 7.14. The Morgan fingerprint density at radius 2 is 1.76 bits per heavy atom. The van der Waals surface area contributed by atoms with Crippen LogP contribution in [0.3, 0.4) is 0 Å². The van der Waals surface area contributed by atoms with Crippen molar-refractivity contribution in [2.45, 2.75) is 77.2 Å². The molecule has 0 saturated heterocycles. The number of hydrogen-bond donors (Lipinski definition) is 3. The van der Waals surface area contributed by atoms with Crippen LogP contribution >= 0.6 is 0 Å². The number of oxime groups is 1. The fraction of sp³-hybridized carbons (Fsp3) is 0.875. The summed E-state index contributed by atoms with van der Waals surface area (Å²) in [6.07, 6.45) is 10.4. The third-order valence-electron chi connectivity index (χ3n) is 5.46. The maximum absolute atomic E-state index is 12.9. The molecule has 4 N–H and O–H groups in total. The summed E-state index contributed by atoms with van der Waals surface area (Å²) in [6.45, 7) is 2.09. The average molecular weight is 295 g/mol. The van der Waals surface area contributed by atoms with Crippen molar-refractivity contribution in [3.05, 3.63) is 0 Å². The van der Waals surface area contributed by atoms with Gasteiger partial charge in [-0.1, -0.05) is 43.7 Å². The Morgan fingerprint density at radius 1 is 1.19 bits per heavy atom. The fourth-order valence-electron chi connectivity index (χ4n) is 3.95. The summed E-state index contributed by atoms with van der Waals surface area (Å²) in [7, 11) is 0. The van der Waals surface area contributed by atoms with Crippen molar-refractivity contribution in [1.29, 1.82) is 0 Å². The highest BCUT2D eigenvalue weighted by Crippen LogP contribution is 2.36. The van der Waals surface area contributed by atoms with Gasteiger partial charge in [-0.2, -0.15) is 0 Å². The Balaban J connectivity index is 2.10. The van der Waals surface area contributed by atoms with Crippen LogP contribution < -0.4 is 11.1 Å². The number of nitrogens with two attached hydrogens (primary N) is 1. The lowest BCUT2D eigenvalue weighted by Gasteiger charge is -2.32. The van der Waals surface area contributed by atoms with Crippen molar-refractivity contribution in [2.24, 2.45) is 22.2 Å². The van der Waals surface area contributed by atoms with E-state index in [2.05, 4.69) is 17.4 Å². The average Bonchev–Trinajstić information content (AvgIpc) is 2.91. The van der Waals surface area contributed by atoms with Crippen LogP contribution in [0.25, 0.3) is 0 Å². The van der Waals surface area contributed by atoms with Gasteiger partial charge in [0, 0.05) is 6.04 Å². The van der Waals surface area contributed by atoms with Gasteiger partial charge < -0.3 is 16.3 Å². The van der Waals surface area contributed by atoms with E-state index in [4.69, 9.17) is 10.9 Å². The first kappa shape index (κ1) is 16.1. The second-order valence-electron chi connectivity index (χ2n) is 6.79. The molecule has 2 aliphatic rings. The number of carbonyl (C=O) groups excluding carboxylic acids is 1. The molecule has 0 aliphatic heterocycles. The predicted molar refractivity (Wildman–Crippen MR) is 83.1 cm³/mol. The first-order valence-corrected chi connectivity index (χ1v) is 8.39. The van der Waals surface area contributed by atoms with E-state index in [-0.39, 0.29) is 17.8 Å². The van der Waals surface area contributed by atoms with E-state index in [0.717, 1.165) is 25.7 Å². The monoisotopic (exact) mass is 295 g/mol. The first-order chi connectivity index (χ1) is 10.1. The lowest BCUT2D eigenvalue weighted by Crippen LogP contribution is -2.52. The SMILES string of the molecule is CC(NC(=O)C1(C(N)=NO)CCCCCC1)C1CCCC1. The largest absolute Gasteiger partial charge is 0.409 e. The summed E-state index contributed by atoms with van der Waals surface area (Å²) >= 11 is 0. The molecule has 1 unspecified atom stereocenters. The van der Waals surface area contributed by atoms with Crippen LogP contribution in [0.5, 0.6) is 0 Å². The van der Waals surface area contributed by atoms with Crippen LogP contribution in [0.4, 0.5) is 0 Å². The standard InChI is InChI=1S/C16H29N3O2/c1-12(13-8-4-5-9-13)18-15(20)16(14(17)19-21)10-6-2-3-7-11-16/h12-13,21H,2-11H2,1H3,(H2,17,19)(H,18,20). The van der Waals surface area contributed by atoms with Crippen molar-refractivity contribution in [1.82, 2.24) is 5.32 Å². The van der Waals surface area contributed by atoms with Crippen molar-refractivity contribution >= 4 is 11.7 Å². The van der Waals surface area contributed by atoms with Crippen molar-refractivity contribution in [2.75, 3.05) is 0 Å². The maximum Gasteiger partial charge on any atom is 0.234 e. The number of amidine groups is 1. The summed E-state index contributed by atoms with van der Waals surface area (Å²) in [5.41, 5.74) is 5.11. The van der Waals surface area contributed by atoms with Gasteiger partial charge in [0.1, 0.15) is 5.41 Å². The summed E-state index contributed by atoms with van der Waals surface area (Å²) < 4.78 is 0. The number of nitrogens with zero attached hydrogens (tertiary/aromatic N) is 1. The molecule has 0 radical (unpaired) electrons. The lowest BCUT2D eigenvalue weighted by atomic mass is 9.77. The highest BCUT2D eigenvalue weighted by atomic mass is 16.4. The molecule has 2 fully saturated rings. The molecule has 1 atom stereocenters. The number of amides is 1. The van der Waals surface area contributed by atoms with Crippen molar-refractivity contribution < 1.29 is 10.0 Å². The smallest absolute Gasteiger partial charge is 0.234 e. The minimum absolute atomic E-state index is 0.0425.